The maximum absolute atomic E-state index is 11.0. The summed E-state index contributed by atoms with van der Waals surface area (Å²) >= 11 is 0. The van der Waals surface area contributed by atoms with E-state index in [2.05, 4.69) is 15.4 Å². The Morgan fingerprint density at radius 2 is 2.36 bits per heavy atom. The van der Waals surface area contributed by atoms with Crippen LogP contribution in [0.2, 0.25) is 0 Å². The lowest BCUT2D eigenvalue weighted by molar-refractivity contribution is -0.154. The number of aliphatic carboxylic acids is 1. The minimum absolute atomic E-state index is 0. The third-order valence-electron chi connectivity index (χ3n) is 2.75. The van der Waals surface area contributed by atoms with Gasteiger partial charge in [0.1, 0.15) is 0 Å². The molecular formula is C8H12ClN3O2. The minimum atomic E-state index is -0.707. The van der Waals surface area contributed by atoms with Gasteiger partial charge in [-0.3, -0.25) is 4.79 Å². The van der Waals surface area contributed by atoms with Crippen molar-refractivity contribution in [3.05, 3.63) is 11.9 Å². The molecule has 0 saturated heterocycles. The molecule has 0 amide bonds. The van der Waals surface area contributed by atoms with Crippen LogP contribution < -0.4 is 0 Å². The maximum atomic E-state index is 11.0. The monoisotopic (exact) mass is 217 g/mol. The molecule has 1 heterocycles. The van der Waals surface area contributed by atoms with Crippen LogP contribution >= 0.6 is 12.4 Å². The Kier molecular flexibility index (Phi) is 3.10. The van der Waals surface area contributed by atoms with Gasteiger partial charge in [-0.25, -0.2) is 0 Å². The summed E-state index contributed by atoms with van der Waals surface area (Å²) in [7, 11) is 0. The molecule has 2 N–H and O–H groups in total. The molecule has 0 aromatic carbocycles. The fourth-order valence-electron chi connectivity index (χ4n) is 1.73. The van der Waals surface area contributed by atoms with Gasteiger partial charge in [-0.05, 0) is 12.8 Å². The van der Waals surface area contributed by atoms with Gasteiger partial charge in [0.05, 0.1) is 17.3 Å². The van der Waals surface area contributed by atoms with Gasteiger partial charge in [0.25, 0.3) is 0 Å². The Morgan fingerprint density at radius 1 is 1.64 bits per heavy atom. The van der Waals surface area contributed by atoms with Crippen molar-refractivity contribution in [2.24, 2.45) is 5.41 Å². The molecule has 78 valence electrons. The molecule has 0 radical (unpaired) electrons. The Bertz CT molecular complexity index is 308. The standard InChI is InChI=1S/C8H11N3O2.ClH/c12-7(13)8(2-1-3-8)4-6-5-9-11-10-6;/h5H,1-4H2,(H,12,13)(H,9,10,11);1H. The van der Waals surface area contributed by atoms with E-state index in [1.54, 1.807) is 6.20 Å². The average molecular weight is 218 g/mol. The molecule has 5 nitrogen and oxygen atoms in total. The lowest BCUT2D eigenvalue weighted by atomic mass is 9.66. The van der Waals surface area contributed by atoms with E-state index in [9.17, 15) is 4.79 Å². The summed E-state index contributed by atoms with van der Waals surface area (Å²) < 4.78 is 0. The SMILES string of the molecule is Cl.O=C(O)C1(Cc2cn[nH]n2)CCC1. The van der Waals surface area contributed by atoms with E-state index in [1.165, 1.54) is 0 Å². The Morgan fingerprint density at radius 3 is 2.71 bits per heavy atom. The smallest absolute Gasteiger partial charge is 0.310 e. The van der Waals surface area contributed by atoms with Crippen LogP contribution in [-0.2, 0) is 11.2 Å². The zero-order valence-electron chi connectivity index (χ0n) is 7.56. The highest BCUT2D eigenvalue weighted by Crippen LogP contribution is 2.43. The summed E-state index contributed by atoms with van der Waals surface area (Å²) in [6.07, 6.45) is 4.61. The van der Waals surface area contributed by atoms with E-state index in [0.717, 1.165) is 25.0 Å². The van der Waals surface area contributed by atoms with Crippen LogP contribution in [0.25, 0.3) is 0 Å². The van der Waals surface area contributed by atoms with Gasteiger partial charge in [-0.2, -0.15) is 15.4 Å². The van der Waals surface area contributed by atoms with Gasteiger partial charge in [-0.15, -0.1) is 12.4 Å². The van der Waals surface area contributed by atoms with E-state index >= 15 is 0 Å². The second-order valence-electron chi connectivity index (χ2n) is 3.58. The zero-order chi connectivity index (χ0) is 9.31. The number of hydrogen-bond donors (Lipinski definition) is 2. The molecule has 1 aliphatic rings. The molecule has 1 aromatic heterocycles. The van der Waals surface area contributed by atoms with Crippen molar-refractivity contribution in [3.63, 3.8) is 0 Å². The number of hydrogen-bond acceptors (Lipinski definition) is 3. The predicted octanol–water partition coefficient (Wildman–Crippen LogP) is 1.02. The van der Waals surface area contributed by atoms with Crippen LogP contribution in [0.5, 0.6) is 0 Å². The topological polar surface area (TPSA) is 78.9 Å². The number of carbonyl (C=O) groups is 1. The number of halogens is 1. The van der Waals surface area contributed by atoms with Gasteiger partial charge in [0, 0.05) is 6.42 Å². The van der Waals surface area contributed by atoms with Crippen LogP contribution in [0, 0.1) is 5.41 Å². The van der Waals surface area contributed by atoms with Gasteiger partial charge in [0.2, 0.25) is 0 Å². The maximum Gasteiger partial charge on any atom is 0.310 e. The molecule has 0 bridgehead atoms. The number of aromatic nitrogens is 3. The Balaban J connectivity index is 0.000000980. The van der Waals surface area contributed by atoms with Gasteiger partial charge >= 0.3 is 5.97 Å². The highest BCUT2D eigenvalue weighted by Gasteiger charge is 2.44. The number of H-pyrrole nitrogens is 1. The molecule has 1 aromatic rings. The molecule has 14 heavy (non-hydrogen) atoms. The molecule has 6 heteroatoms. The van der Waals surface area contributed by atoms with E-state index in [-0.39, 0.29) is 12.4 Å². The van der Waals surface area contributed by atoms with E-state index in [0.29, 0.717) is 6.42 Å². The summed E-state index contributed by atoms with van der Waals surface area (Å²) in [4.78, 5) is 11.0. The van der Waals surface area contributed by atoms with Gasteiger partial charge < -0.3 is 5.11 Å². The zero-order valence-corrected chi connectivity index (χ0v) is 8.38. The number of nitrogens with one attached hydrogen (secondary N) is 1. The van der Waals surface area contributed by atoms with Crippen molar-refractivity contribution in [2.75, 3.05) is 0 Å². The first-order chi connectivity index (χ1) is 6.23. The number of rotatable bonds is 3. The minimum Gasteiger partial charge on any atom is -0.481 e. The second-order valence-corrected chi connectivity index (χ2v) is 3.58. The van der Waals surface area contributed by atoms with Crippen LogP contribution in [0.4, 0.5) is 0 Å². The molecule has 2 rings (SSSR count). The fourth-order valence-corrected chi connectivity index (χ4v) is 1.73. The molecular weight excluding hydrogens is 206 g/mol. The van der Waals surface area contributed by atoms with Crippen molar-refractivity contribution < 1.29 is 9.90 Å². The molecule has 0 unspecified atom stereocenters. The number of nitrogens with zero attached hydrogens (tertiary/aromatic N) is 2. The molecule has 0 atom stereocenters. The van der Waals surface area contributed by atoms with Crippen molar-refractivity contribution in [2.45, 2.75) is 25.7 Å². The summed E-state index contributed by atoms with van der Waals surface area (Å²) in [6, 6.07) is 0. The van der Waals surface area contributed by atoms with Crippen LogP contribution in [0.15, 0.2) is 6.20 Å². The van der Waals surface area contributed by atoms with Crippen molar-refractivity contribution in [1.82, 2.24) is 15.4 Å². The number of aromatic amines is 1. The Labute approximate surface area is 87.3 Å². The highest BCUT2D eigenvalue weighted by molar-refractivity contribution is 5.85. The summed E-state index contributed by atoms with van der Waals surface area (Å²) in [5.74, 6) is -0.707. The molecule has 0 aliphatic heterocycles. The normalized spacial score (nSPS) is 18.0. The summed E-state index contributed by atoms with van der Waals surface area (Å²) in [5, 5.41) is 19.0. The second kappa shape index (κ2) is 3.96. The first-order valence-corrected chi connectivity index (χ1v) is 4.31. The van der Waals surface area contributed by atoms with Gasteiger partial charge in [0.15, 0.2) is 0 Å². The van der Waals surface area contributed by atoms with Crippen LogP contribution in [0.3, 0.4) is 0 Å². The lowest BCUT2D eigenvalue weighted by Gasteiger charge is -2.36. The number of carboxylic acid groups (broad SMARTS) is 1. The molecule has 0 spiro atoms. The quantitative estimate of drug-likeness (QED) is 0.793. The number of carboxylic acids is 1. The van der Waals surface area contributed by atoms with Crippen LogP contribution in [-0.4, -0.2) is 26.5 Å². The average Bonchev–Trinajstić information content (AvgIpc) is 2.47. The van der Waals surface area contributed by atoms with E-state index < -0.39 is 11.4 Å². The first kappa shape index (κ1) is 11.0. The van der Waals surface area contributed by atoms with Crippen LogP contribution in [0.1, 0.15) is 25.0 Å². The largest absolute Gasteiger partial charge is 0.481 e. The first-order valence-electron chi connectivity index (χ1n) is 4.31. The van der Waals surface area contributed by atoms with Crippen molar-refractivity contribution in [3.8, 4) is 0 Å². The van der Waals surface area contributed by atoms with Crippen molar-refractivity contribution >= 4 is 18.4 Å². The predicted molar refractivity (Wildman–Crippen MR) is 51.3 cm³/mol. The van der Waals surface area contributed by atoms with Gasteiger partial charge in [-0.1, -0.05) is 6.42 Å². The third-order valence-corrected chi connectivity index (χ3v) is 2.75. The fraction of sp³-hybridized carbons (Fsp3) is 0.625. The third kappa shape index (κ3) is 1.72. The van der Waals surface area contributed by atoms with Crippen molar-refractivity contribution in [1.29, 1.82) is 0 Å². The Hall–Kier alpha value is -1.10. The highest BCUT2D eigenvalue weighted by atomic mass is 35.5. The molecule has 1 saturated carbocycles. The molecule has 1 aliphatic carbocycles. The van der Waals surface area contributed by atoms with E-state index in [4.69, 9.17) is 5.11 Å². The summed E-state index contributed by atoms with van der Waals surface area (Å²) in [5.41, 5.74) is 0.179. The lowest BCUT2D eigenvalue weighted by Crippen LogP contribution is -2.39. The summed E-state index contributed by atoms with van der Waals surface area (Å²) in [6.45, 7) is 0. The van der Waals surface area contributed by atoms with E-state index in [1.807, 2.05) is 0 Å². The molecule has 1 fully saturated rings.